The molecule has 1 aromatic carbocycles. The number of carbonyl (C=O) groups excluding carboxylic acids is 2. The molecule has 2 amide bonds. The third-order valence-electron chi connectivity index (χ3n) is 5.23. The van der Waals surface area contributed by atoms with Crippen LogP contribution in [0.5, 0.6) is 0 Å². The van der Waals surface area contributed by atoms with Gasteiger partial charge in [-0.2, -0.15) is 0 Å². The van der Waals surface area contributed by atoms with Crippen molar-refractivity contribution in [2.24, 2.45) is 0 Å². The summed E-state index contributed by atoms with van der Waals surface area (Å²) in [5.74, 6) is 0.172. The number of hydrogen-bond donors (Lipinski definition) is 1. The lowest BCUT2D eigenvalue weighted by molar-refractivity contribution is -0.135. The first-order valence-corrected chi connectivity index (χ1v) is 10.3. The highest BCUT2D eigenvalue weighted by atomic mass is 32.1. The van der Waals surface area contributed by atoms with Gasteiger partial charge in [-0.05, 0) is 19.8 Å². The molecule has 1 N–H and O–H groups in total. The first-order valence-electron chi connectivity index (χ1n) is 9.46. The molecule has 0 spiro atoms. The van der Waals surface area contributed by atoms with Gasteiger partial charge in [0.2, 0.25) is 5.91 Å². The van der Waals surface area contributed by atoms with E-state index in [1.807, 2.05) is 47.1 Å². The molecule has 27 heavy (non-hydrogen) atoms. The van der Waals surface area contributed by atoms with Gasteiger partial charge < -0.3 is 15.1 Å². The number of likely N-dealkylation sites (tertiary alicyclic amines) is 1. The van der Waals surface area contributed by atoms with E-state index in [1.165, 1.54) is 11.3 Å². The molecule has 2 aliphatic rings. The minimum atomic E-state index is 0.0340. The molecular weight excluding hydrogens is 360 g/mol. The lowest BCUT2D eigenvalue weighted by Gasteiger charge is -2.41. The average Bonchev–Trinajstić information content (AvgIpc) is 3.10. The van der Waals surface area contributed by atoms with Crippen molar-refractivity contribution in [3.05, 3.63) is 40.2 Å². The molecule has 1 atom stereocenters. The minimum absolute atomic E-state index is 0.0340. The average molecular weight is 385 g/mol. The number of hydrogen-bond acceptors (Lipinski definition) is 5. The van der Waals surface area contributed by atoms with Crippen LogP contribution in [0.4, 0.5) is 0 Å². The first-order chi connectivity index (χ1) is 13.1. The van der Waals surface area contributed by atoms with Gasteiger partial charge in [0, 0.05) is 37.8 Å². The van der Waals surface area contributed by atoms with E-state index in [9.17, 15) is 9.59 Å². The maximum atomic E-state index is 13.3. The molecule has 2 aliphatic heterocycles. The maximum Gasteiger partial charge on any atom is 0.266 e. The van der Waals surface area contributed by atoms with Gasteiger partial charge >= 0.3 is 0 Å². The van der Waals surface area contributed by atoms with Crippen LogP contribution >= 0.6 is 11.3 Å². The number of nitrogens with one attached hydrogen (secondary N) is 1. The van der Waals surface area contributed by atoms with Crippen molar-refractivity contribution < 1.29 is 9.59 Å². The molecule has 2 aromatic rings. The number of amides is 2. The van der Waals surface area contributed by atoms with Gasteiger partial charge in [0.15, 0.2) is 0 Å². The normalized spacial score (nSPS) is 20.8. The van der Waals surface area contributed by atoms with Gasteiger partial charge in [0.1, 0.15) is 4.88 Å². The highest BCUT2D eigenvalue weighted by Crippen LogP contribution is 2.30. The van der Waals surface area contributed by atoms with E-state index in [4.69, 9.17) is 0 Å². The topological polar surface area (TPSA) is 65.5 Å². The van der Waals surface area contributed by atoms with Crippen molar-refractivity contribution in [2.75, 3.05) is 32.7 Å². The number of carbonyl (C=O) groups is 2. The fourth-order valence-electron chi connectivity index (χ4n) is 3.91. The van der Waals surface area contributed by atoms with Gasteiger partial charge in [-0.1, -0.05) is 30.3 Å². The smallest absolute Gasteiger partial charge is 0.266 e. The molecule has 0 saturated carbocycles. The number of piperidine rings is 1. The summed E-state index contributed by atoms with van der Waals surface area (Å²) in [6, 6.07) is 9.99. The SMILES string of the molecule is Cc1nc(-c2ccccc2)c(C(=O)N2CCCC(N3CCNCC3=O)C2)s1. The van der Waals surface area contributed by atoms with Crippen LogP contribution in [0, 0.1) is 6.92 Å². The van der Waals surface area contributed by atoms with Crippen LogP contribution in [-0.2, 0) is 4.79 Å². The Kier molecular flexibility index (Phi) is 5.22. The van der Waals surface area contributed by atoms with Crippen molar-refractivity contribution in [1.82, 2.24) is 20.1 Å². The van der Waals surface area contributed by atoms with E-state index in [0.29, 0.717) is 18.0 Å². The molecule has 4 rings (SSSR count). The van der Waals surface area contributed by atoms with Crippen LogP contribution in [0.1, 0.15) is 27.5 Å². The summed E-state index contributed by atoms with van der Waals surface area (Å²) in [6.45, 7) is 5.22. The molecule has 6 nitrogen and oxygen atoms in total. The van der Waals surface area contributed by atoms with Crippen molar-refractivity contribution in [3.63, 3.8) is 0 Å². The van der Waals surface area contributed by atoms with Gasteiger partial charge in [0.05, 0.1) is 17.2 Å². The Morgan fingerprint density at radius 2 is 2.07 bits per heavy atom. The van der Waals surface area contributed by atoms with Crippen LogP contribution in [0.15, 0.2) is 30.3 Å². The van der Waals surface area contributed by atoms with E-state index in [0.717, 1.165) is 48.7 Å². The van der Waals surface area contributed by atoms with Crippen molar-refractivity contribution in [3.8, 4) is 11.3 Å². The summed E-state index contributed by atoms with van der Waals surface area (Å²) in [4.78, 5) is 34.7. The molecule has 3 heterocycles. The van der Waals surface area contributed by atoms with Crippen LogP contribution in [0.3, 0.4) is 0 Å². The molecule has 1 unspecified atom stereocenters. The molecule has 0 bridgehead atoms. The molecule has 1 aromatic heterocycles. The number of thiazole rings is 1. The second-order valence-corrected chi connectivity index (χ2v) is 8.29. The van der Waals surface area contributed by atoms with E-state index in [-0.39, 0.29) is 17.9 Å². The molecule has 7 heteroatoms. The Morgan fingerprint density at radius 3 is 2.85 bits per heavy atom. The van der Waals surface area contributed by atoms with Gasteiger partial charge in [-0.15, -0.1) is 11.3 Å². The number of piperazine rings is 1. The summed E-state index contributed by atoms with van der Waals surface area (Å²) in [5.41, 5.74) is 1.74. The van der Waals surface area contributed by atoms with Crippen molar-refractivity contribution >= 4 is 23.2 Å². The number of aromatic nitrogens is 1. The third-order valence-corrected chi connectivity index (χ3v) is 6.18. The van der Waals surface area contributed by atoms with Crippen molar-refractivity contribution in [1.29, 1.82) is 0 Å². The maximum absolute atomic E-state index is 13.3. The first kappa shape index (κ1) is 18.1. The van der Waals surface area contributed by atoms with Gasteiger partial charge in [-0.25, -0.2) is 4.98 Å². The molecule has 2 fully saturated rings. The summed E-state index contributed by atoms with van der Waals surface area (Å²) in [5, 5.41) is 4.01. The van der Waals surface area contributed by atoms with Gasteiger partial charge in [0.25, 0.3) is 5.91 Å². The fourth-order valence-corrected chi connectivity index (χ4v) is 4.82. The predicted octanol–water partition coefficient (Wildman–Crippen LogP) is 2.15. The number of aryl methyl sites for hydroxylation is 1. The molecule has 142 valence electrons. The second-order valence-electron chi connectivity index (χ2n) is 7.09. The van der Waals surface area contributed by atoms with Gasteiger partial charge in [-0.3, -0.25) is 9.59 Å². The van der Waals surface area contributed by atoms with Crippen LogP contribution in [0.2, 0.25) is 0 Å². The highest BCUT2D eigenvalue weighted by Gasteiger charge is 2.33. The Hall–Kier alpha value is -2.25. The fraction of sp³-hybridized carbons (Fsp3) is 0.450. The second kappa shape index (κ2) is 7.78. The Bertz CT molecular complexity index is 836. The standard InChI is InChI=1S/C20H24N4O2S/c1-14-22-18(15-6-3-2-4-7-15)19(27-14)20(26)23-10-5-8-16(13-23)24-11-9-21-12-17(24)25/h2-4,6-7,16,21H,5,8-13H2,1H3. The Labute approximate surface area is 163 Å². The lowest BCUT2D eigenvalue weighted by Crippen LogP contribution is -2.57. The number of nitrogens with zero attached hydrogens (tertiary/aromatic N) is 3. The molecule has 2 saturated heterocycles. The zero-order valence-electron chi connectivity index (χ0n) is 15.5. The Balaban J connectivity index is 1.55. The summed E-state index contributed by atoms with van der Waals surface area (Å²) >= 11 is 1.46. The van der Waals surface area contributed by atoms with E-state index < -0.39 is 0 Å². The summed E-state index contributed by atoms with van der Waals surface area (Å²) < 4.78 is 0. The summed E-state index contributed by atoms with van der Waals surface area (Å²) in [7, 11) is 0. The zero-order chi connectivity index (χ0) is 18.8. The molecule has 0 aliphatic carbocycles. The Morgan fingerprint density at radius 1 is 1.26 bits per heavy atom. The monoisotopic (exact) mass is 384 g/mol. The molecule has 0 radical (unpaired) electrons. The highest BCUT2D eigenvalue weighted by molar-refractivity contribution is 7.14. The third kappa shape index (κ3) is 3.75. The van der Waals surface area contributed by atoms with Crippen LogP contribution in [-0.4, -0.2) is 65.4 Å². The van der Waals surface area contributed by atoms with E-state index in [2.05, 4.69) is 10.3 Å². The molecular formula is C20H24N4O2S. The quantitative estimate of drug-likeness (QED) is 0.881. The zero-order valence-corrected chi connectivity index (χ0v) is 16.3. The van der Waals surface area contributed by atoms with E-state index >= 15 is 0 Å². The van der Waals surface area contributed by atoms with E-state index in [1.54, 1.807) is 0 Å². The van der Waals surface area contributed by atoms with Crippen LogP contribution in [0.25, 0.3) is 11.3 Å². The number of benzene rings is 1. The van der Waals surface area contributed by atoms with Crippen molar-refractivity contribution in [2.45, 2.75) is 25.8 Å². The number of rotatable bonds is 3. The predicted molar refractivity (Wildman–Crippen MR) is 106 cm³/mol. The lowest BCUT2D eigenvalue weighted by atomic mass is 10.0. The largest absolute Gasteiger partial charge is 0.336 e. The van der Waals surface area contributed by atoms with Crippen LogP contribution < -0.4 is 5.32 Å². The minimum Gasteiger partial charge on any atom is -0.336 e. The summed E-state index contributed by atoms with van der Waals surface area (Å²) in [6.07, 6.45) is 1.88.